The smallest absolute Gasteiger partial charge is 0.266 e. The standard InChI is InChI=1S/C25H20ClIN2O3/c1-2-31-24-14-17(6-11-23(24)32-16-18-4-3-5-20(26)13-18)12-19(15-28)25(30)29-22-9-7-21(27)8-10-22/h3-14H,2,16H2,1H3,(H,29,30)/b19-12+. The van der Waals surface area contributed by atoms with Gasteiger partial charge in [0, 0.05) is 14.3 Å². The molecule has 0 aromatic heterocycles. The third kappa shape index (κ3) is 6.74. The van der Waals surface area contributed by atoms with Gasteiger partial charge in [-0.15, -0.1) is 0 Å². The van der Waals surface area contributed by atoms with Crippen LogP contribution in [0.25, 0.3) is 6.08 Å². The Morgan fingerprint density at radius 1 is 1.09 bits per heavy atom. The minimum absolute atomic E-state index is 0.0152. The molecule has 1 amide bonds. The molecule has 3 aromatic rings. The number of nitriles is 1. The van der Waals surface area contributed by atoms with Crippen LogP contribution in [0.5, 0.6) is 11.5 Å². The van der Waals surface area contributed by atoms with Crippen LogP contribution in [0.2, 0.25) is 5.02 Å². The lowest BCUT2D eigenvalue weighted by molar-refractivity contribution is -0.112. The van der Waals surface area contributed by atoms with Gasteiger partial charge in [0.2, 0.25) is 0 Å². The van der Waals surface area contributed by atoms with Crippen molar-refractivity contribution in [1.29, 1.82) is 5.26 Å². The Morgan fingerprint density at radius 3 is 2.56 bits per heavy atom. The van der Waals surface area contributed by atoms with Crippen LogP contribution < -0.4 is 14.8 Å². The van der Waals surface area contributed by atoms with Crippen LogP contribution in [0.4, 0.5) is 5.69 Å². The number of anilines is 1. The Bertz CT molecular complexity index is 1170. The number of hydrogen-bond donors (Lipinski definition) is 1. The Kier molecular flexibility index (Phi) is 8.54. The molecular weight excluding hydrogens is 539 g/mol. The highest BCUT2D eigenvalue weighted by molar-refractivity contribution is 14.1. The summed E-state index contributed by atoms with van der Waals surface area (Å²) in [5.41, 5.74) is 2.19. The minimum Gasteiger partial charge on any atom is -0.490 e. The van der Waals surface area contributed by atoms with E-state index in [1.54, 1.807) is 36.4 Å². The van der Waals surface area contributed by atoms with Crippen LogP contribution in [0.3, 0.4) is 0 Å². The summed E-state index contributed by atoms with van der Waals surface area (Å²) in [6.07, 6.45) is 1.52. The van der Waals surface area contributed by atoms with Crippen molar-refractivity contribution < 1.29 is 14.3 Å². The zero-order chi connectivity index (χ0) is 22.9. The van der Waals surface area contributed by atoms with Crippen molar-refractivity contribution in [1.82, 2.24) is 0 Å². The molecular formula is C25H20ClIN2O3. The van der Waals surface area contributed by atoms with Crippen molar-refractivity contribution in [3.63, 3.8) is 0 Å². The summed E-state index contributed by atoms with van der Waals surface area (Å²) >= 11 is 8.21. The predicted octanol–water partition coefficient (Wildman–Crippen LogP) is 6.47. The van der Waals surface area contributed by atoms with Crippen molar-refractivity contribution in [2.45, 2.75) is 13.5 Å². The fourth-order valence-corrected chi connectivity index (χ4v) is 3.41. The van der Waals surface area contributed by atoms with Crippen molar-refractivity contribution in [3.8, 4) is 17.6 Å². The largest absolute Gasteiger partial charge is 0.490 e. The lowest BCUT2D eigenvalue weighted by atomic mass is 10.1. The molecule has 0 atom stereocenters. The van der Waals surface area contributed by atoms with Crippen molar-refractivity contribution in [3.05, 3.63) is 92.0 Å². The number of hydrogen-bond acceptors (Lipinski definition) is 4. The fraction of sp³-hybridized carbons (Fsp3) is 0.120. The molecule has 0 fully saturated rings. The third-order valence-corrected chi connectivity index (χ3v) is 5.28. The topological polar surface area (TPSA) is 71.3 Å². The van der Waals surface area contributed by atoms with Crippen LogP contribution in [0, 0.1) is 14.9 Å². The van der Waals surface area contributed by atoms with Crippen LogP contribution in [0.1, 0.15) is 18.1 Å². The highest BCUT2D eigenvalue weighted by Crippen LogP contribution is 2.30. The Labute approximate surface area is 205 Å². The second kappa shape index (κ2) is 11.6. The molecule has 1 N–H and O–H groups in total. The number of carbonyl (C=O) groups is 1. The first-order valence-corrected chi connectivity index (χ1v) is 11.3. The molecule has 0 aliphatic carbocycles. The van der Waals surface area contributed by atoms with E-state index in [2.05, 4.69) is 27.9 Å². The Morgan fingerprint density at radius 2 is 1.88 bits per heavy atom. The molecule has 0 saturated heterocycles. The van der Waals surface area contributed by atoms with E-state index >= 15 is 0 Å². The maximum atomic E-state index is 12.5. The molecule has 0 aliphatic heterocycles. The number of nitrogens with one attached hydrogen (secondary N) is 1. The summed E-state index contributed by atoms with van der Waals surface area (Å²) in [7, 11) is 0. The second-order valence-corrected chi connectivity index (χ2v) is 8.37. The summed E-state index contributed by atoms with van der Waals surface area (Å²) in [4.78, 5) is 12.5. The van der Waals surface area contributed by atoms with E-state index in [9.17, 15) is 10.1 Å². The van der Waals surface area contributed by atoms with Crippen molar-refractivity contribution >= 4 is 51.9 Å². The van der Waals surface area contributed by atoms with Gasteiger partial charge < -0.3 is 14.8 Å². The summed E-state index contributed by atoms with van der Waals surface area (Å²) in [5, 5.41) is 12.9. The summed E-state index contributed by atoms with van der Waals surface area (Å²) < 4.78 is 12.7. The lowest BCUT2D eigenvalue weighted by Crippen LogP contribution is -2.13. The number of amides is 1. The minimum atomic E-state index is -0.479. The quantitative estimate of drug-likeness (QED) is 0.195. The maximum Gasteiger partial charge on any atom is 0.266 e. The van der Waals surface area contributed by atoms with E-state index in [1.165, 1.54) is 6.08 Å². The van der Waals surface area contributed by atoms with Gasteiger partial charge in [0.25, 0.3) is 5.91 Å². The average Bonchev–Trinajstić information content (AvgIpc) is 2.78. The second-order valence-electron chi connectivity index (χ2n) is 6.69. The molecule has 0 bridgehead atoms. The van der Waals surface area contributed by atoms with Gasteiger partial charge in [-0.05, 0) is 95.2 Å². The molecule has 7 heteroatoms. The monoisotopic (exact) mass is 558 g/mol. The van der Waals surface area contributed by atoms with E-state index in [0.717, 1.165) is 9.13 Å². The Hall–Kier alpha value is -3.02. The van der Waals surface area contributed by atoms with Crippen molar-refractivity contribution in [2.75, 3.05) is 11.9 Å². The highest BCUT2D eigenvalue weighted by Gasteiger charge is 2.12. The zero-order valence-electron chi connectivity index (χ0n) is 17.3. The predicted molar refractivity (Wildman–Crippen MR) is 135 cm³/mol. The molecule has 162 valence electrons. The molecule has 3 rings (SSSR count). The van der Waals surface area contributed by atoms with Crippen LogP contribution in [0.15, 0.2) is 72.3 Å². The molecule has 5 nitrogen and oxygen atoms in total. The summed E-state index contributed by atoms with van der Waals surface area (Å²) in [6, 6.07) is 22.0. The van der Waals surface area contributed by atoms with E-state index in [0.29, 0.717) is 41.0 Å². The van der Waals surface area contributed by atoms with E-state index in [4.69, 9.17) is 21.1 Å². The molecule has 0 unspecified atom stereocenters. The summed E-state index contributed by atoms with van der Waals surface area (Å²) in [6.45, 7) is 2.65. The Balaban J connectivity index is 1.77. The molecule has 0 aliphatic rings. The fourth-order valence-electron chi connectivity index (χ4n) is 2.84. The van der Waals surface area contributed by atoms with E-state index in [-0.39, 0.29) is 5.57 Å². The average molecular weight is 559 g/mol. The molecule has 0 radical (unpaired) electrons. The molecule has 0 spiro atoms. The van der Waals surface area contributed by atoms with Crippen LogP contribution in [-0.4, -0.2) is 12.5 Å². The van der Waals surface area contributed by atoms with Gasteiger partial charge in [-0.2, -0.15) is 5.26 Å². The normalized spacial score (nSPS) is 10.9. The van der Waals surface area contributed by atoms with Gasteiger partial charge in [0.05, 0.1) is 6.61 Å². The van der Waals surface area contributed by atoms with Crippen LogP contribution in [-0.2, 0) is 11.4 Å². The molecule has 0 saturated carbocycles. The van der Waals surface area contributed by atoms with Crippen molar-refractivity contribution in [2.24, 2.45) is 0 Å². The first-order chi connectivity index (χ1) is 15.5. The number of carbonyl (C=O) groups excluding carboxylic acids is 1. The zero-order valence-corrected chi connectivity index (χ0v) is 20.2. The maximum absolute atomic E-state index is 12.5. The highest BCUT2D eigenvalue weighted by atomic mass is 127. The lowest BCUT2D eigenvalue weighted by Gasteiger charge is -2.13. The SMILES string of the molecule is CCOc1cc(/C=C(\C#N)C(=O)Nc2ccc(I)cc2)ccc1OCc1cccc(Cl)c1. The molecule has 3 aromatic carbocycles. The van der Waals surface area contributed by atoms with Gasteiger partial charge in [-0.3, -0.25) is 4.79 Å². The number of halogens is 2. The van der Waals surface area contributed by atoms with Gasteiger partial charge in [-0.1, -0.05) is 29.8 Å². The first kappa shape index (κ1) is 23.6. The van der Waals surface area contributed by atoms with E-state index < -0.39 is 5.91 Å². The molecule has 0 heterocycles. The van der Waals surface area contributed by atoms with Gasteiger partial charge in [-0.25, -0.2) is 0 Å². The number of nitrogens with zero attached hydrogens (tertiary/aromatic N) is 1. The first-order valence-electron chi connectivity index (χ1n) is 9.81. The number of ether oxygens (including phenoxy) is 2. The summed E-state index contributed by atoms with van der Waals surface area (Å²) in [5.74, 6) is 0.609. The molecule has 32 heavy (non-hydrogen) atoms. The third-order valence-electron chi connectivity index (χ3n) is 4.33. The van der Waals surface area contributed by atoms with E-state index in [1.807, 2.05) is 43.3 Å². The van der Waals surface area contributed by atoms with Gasteiger partial charge >= 0.3 is 0 Å². The van der Waals surface area contributed by atoms with Gasteiger partial charge in [0.1, 0.15) is 18.2 Å². The van der Waals surface area contributed by atoms with Crippen LogP contribution >= 0.6 is 34.2 Å². The van der Waals surface area contributed by atoms with Gasteiger partial charge in [0.15, 0.2) is 11.5 Å². The number of benzene rings is 3. The number of rotatable bonds is 8.